The van der Waals surface area contributed by atoms with Crippen LogP contribution in [0.3, 0.4) is 0 Å². The molecule has 0 N–H and O–H groups in total. The van der Waals surface area contributed by atoms with Gasteiger partial charge in [-0.2, -0.15) is 0 Å². The van der Waals surface area contributed by atoms with Crippen LogP contribution in [0.5, 0.6) is 11.5 Å². The molecule has 0 radical (unpaired) electrons. The lowest BCUT2D eigenvalue weighted by Gasteiger charge is -2.31. The summed E-state index contributed by atoms with van der Waals surface area (Å²) in [6.45, 7) is 3.78. The molecule has 1 aromatic heterocycles. The first-order chi connectivity index (χ1) is 15.8. The number of fused-ring (bicyclic) bond motifs is 1. The molecule has 3 aromatic rings. The van der Waals surface area contributed by atoms with E-state index in [1.54, 1.807) is 13.3 Å². The molecule has 1 aliphatic heterocycles. The van der Waals surface area contributed by atoms with Gasteiger partial charge in [0.2, 0.25) is 0 Å². The number of aldehydes is 1. The maximum atomic E-state index is 10.6. The molecule has 2 heterocycles. The number of hydrogen-bond acceptors (Lipinski definition) is 6. The van der Waals surface area contributed by atoms with Crippen molar-refractivity contribution in [1.29, 1.82) is 0 Å². The van der Waals surface area contributed by atoms with E-state index in [0.29, 0.717) is 19.6 Å². The third kappa shape index (κ3) is 5.44. The minimum atomic E-state index is 0.214. The fraction of sp³-hybridized carbons (Fsp3) is 0.385. The van der Waals surface area contributed by atoms with Gasteiger partial charge in [0.05, 0.1) is 6.61 Å². The van der Waals surface area contributed by atoms with Gasteiger partial charge in [-0.15, -0.1) is 0 Å². The Morgan fingerprint density at radius 2 is 1.88 bits per heavy atom. The highest BCUT2D eigenvalue weighted by atomic mass is 16.5. The Morgan fingerprint density at radius 1 is 1.06 bits per heavy atom. The molecule has 168 valence electrons. The second-order valence-corrected chi connectivity index (χ2v) is 8.00. The molecule has 0 atom stereocenters. The van der Waals surface area contributed by atoms with Crippen LogP contribution in [0.25, 0.3) is 22.0 Å². The standard InChI is InChI=1S/C26H30N2O4/c1-30-18-19-31-26-24(10-7-21-4-2-13-27-25(21)26)20-5-8-22(9-6-20)32-23-11-15-28(16-12-23)14-3-17-29/h2,4-10,13,17,23H,3,11-12,14-16,18-19H2,1H3. The van der Waals surface area contributed by atoms with Crippen molar-refractivity contribution in [2.24, 2.45) is 0 Å². The minimum absolute atomic E-state index is 0.214. The predicted octanol–water partition coefficient (Wildman–Crippen LogP) is 4.36. The molecule has 0 saturated carbocycles. The number of rotatable bonds is 10. The predicted molar refractivity (Wildman–Crippen MR) is 125 cm³/mol. The summed E-state index contributed by atoms with van der Waals surface area (Å²) in [6.07, 6.45) is 5.56. The van der Waals surface area contributed by atoms with E-state index in [1.165, 1.54) is 0 Å². The fourth-order valence-electron chi connectivity index (χ4n) is 4.11. The summed E-state index contributed by atoms with van der Waals surface area (Å²) in [4.78, 5) is 17.4. The molecule has 0 spiro atoms. The minimum Gasteiger partial charge on any atom is -0.490 e. The molecule has 2 aromatic carbocycles. The number of pyridine rings is 1. The quantitative estimate of drug-likeness (QED) is 0.349. The molecule has 32 heavy (non-hydrogen) atoms. The lowest BCUT2D eigenvalue weighted by molar-refractivity contribution is -0.108. The summed E-state index contributed by atoms with van der Waals surface area (Å²) in [6, 6.07) is 16.3. The van der Waals surface area contributed by atoms with Crippen LogP contribution in [0, 0.1) is 0 Å². The van der Waals surface area contributed by atoms with Crippen molar-refractivity contribution < 1.29 is 19.0 Å². The largest absolute Gasteiger partial charge is 0.490 e. The van der Waals surface area contributed by atoms with E-state index in [1.807, 2.05) is 24.3 Å². The van der Waals surface area contributed by atoms with Gasteiger partial charge in [0.15, 0.2) is 5.75 Å². The van der Waals surface area contributed by atoms with E-state index in [9.17, 15) is 4.79 Å². The zero-order valence-corrected chi connectivity index (χ0v) is 18.5. The van der Waals surface area contributed by atoms with Crippen LogP contribution in [0.2, 0.25) is 0 Å². The highest BCUT2D eigenvalue weighted by molar-refractivity contribution is 5.92. The Hall–Kier alpha value is -2.96. The van der Waals surface area contributed by atoms with Gasteiger partial charge in [0.25, 0.3) is 0 Å². The monoisotopic (exact) mass is 434 g/mol. The van der Waals surface area contributed by atoms with E-state index in [4.69, 9.17) is 14.2 Å². The maximum Gasteiger partial charge on any atom is 0.153 e. The number of carbonyl (C=O) groups is 1. The van der Waals surface area contributed by atoms with Crippen LogP contribution >= 0.6 is 0 Å². The lowest BCUT2D eigenvalue weighted by atomic mass is 10.0. The van der Waals surface area contributed by atoms with E-state index in [0.717, 1.165) is 72.3 Å². The number of nitrogens with zero attached hydrogens (tertiary/aromatic N) is 2. The number of likely N-dealkylation sites (tertiary alicyclic amines) is 1. The number of benzene rings is 2. The molecule has 0 bridgehead atoms. The number of carbonyl (C=O) groups excluding carboxylic acids is 1. The van der Waals surface area contributed by atoms with Crippen molar-refractivity contribution in [2.75, 3.05) is 40.0 Å². The number of piperidine rings is 1. The van der Waals surface area contributed by atoms with Crippen molar-refractivity contribution in [1.82, 2.24) is 9.88 Å². The average Bonchev–Trinajstić information content (AvgIpc) is 2.84. The smallest absolute Gasteiger partial charge is 0.153 e. The Morgan fingerprint density at radius 3 is 2.62 bits per heavy atom. The molecule has 4 rings (SSSR count). The van der Waals surface area contributed by atoms with Gasteiger partial charge in [-0.3, -0.25) is 4.98 Å². The number of ether oxygens (including phenoxy) is 3. The fourth-order valence-corrected chi connectivity index (χ4v) is 4.11. The zero-order valence-electron chi connectivity index (χ0n) is 18.5. The first-order valence-corrected chi connectivity index (χ1v) is 11.2. The van der Waals surface area contributed by atoms with Gasteiger partial charge in [-0.05, 0) is 42.7 Å². The van der Waals surface area contributed by atoms with Crippen LogP contribution in [-0.2, 0) is 9.53 Å². The molecule has 6 nitrogen and oxygen atoms in total. The summed E-state index contributed by atoms with van der Waals surface area (Å²) in [5.41, 5.74) is 2.91. The highest BCUT2D eigenvalue weighted by Gasteiger charge is 2.20. The van der Waals surface area contributed by atoms with E-state index in [2.05, 4.69) is 34.1 Å². The van der Waals surface area contributed by atoms with Gasteiger partial charge < -0.3 is 23.9 Å². The third-order valence-electron chi connectivity index (χ3n) is 5.83. The number of aromatic nitrogens is 1. The SMILES string of the molecule is COCCOc1c(-c2ccc(OC3CCN(CCC=O)CC3)cc2)ccc2cccnc12. The van der Waals surface area contributed by atoms with Crippen molar-refractivity contribution in [3.63, 3.8) is 0 Å². The molecule has 6 heteroatoms. The van der Waals surface area contributed by atoms with Crippen molar-refractivity contribution in [2.45, 2.75) is 25.4 Å². The van der Waals surface area contributed by atoms with Crippen molar-refractivity contribution in [3.8, 4) is 22.6 Å². The molecular weight excluding hydrogens is 404 g/mol. The van der Waals surface area contributed by atoms with Crippen LogP contribution in [0.1, 0.15) is 19.3 Å². The van der Waals surface area contributed by atoms with Crippen LogP contribution < -0.4 is 9.47 Å². The Kier molecular flexibility index (Phi) is 7.69. The molecule has 0 aliphatic carbocycles. The van der Waals surface area contributed by atoms with Crippen molar-refractivity contribution >= 4 is 17.2 Å². The Bertz CT molecular complexity index is 1010. The van der Waals surface area contributed by atoms with E-state index < -0.39 is 0 Å². The topological polar surface area (TPSA) is 60.9 Å². The second kappa shape index (κ2) is 11.1. The first-order valence-electron chi connectivity index (χ1n) is 11.2. The summed E-state index contributed by atoms with van der Waals surface area (Å²) in [5, 5.41) is 1.04. The molecule has 1 aliphatic rings. The summed E-state index contributed by atoms with van der Waals surface area (Å²) >= 11 is 0. The average molecular weight is 435 g/mol. The molecule has 0 unspecified atom stereocenters. The van der Waals surface area contributed by atoms with Gasteiger partial charge in [0, 0.05) is 50.3 Å². The maximum absolute atomic E-state index is 10.6. The summed E-state index contributed by atoms with van der Waals surface area (Å²) < 4.78 is 17.5. The Balaban J connectivity index is 1.47. The zero-order chi connectivity index (χ0) is 22.2. The van der Waals surface area contributed by atoms with Gasteiger partial charge in [-0.1, -0.05) is 24.3 Å². The Labute approximate surface area is 189 Å². The molecule has 1 fully saturated rings. The number of methoxy groups -OCH3 is 1. The summed E-state index contributed by atoms with van der Waals surface area (Å²) in [5.74, 6) is 1.65. The van der Waals surface area contributed by atoms with Crippen LogP contribution in [0.4, 0.5) is 0 Å². The first kappa shape index (κ1) is 22.2. The highest BCUT2D eigenvalue weighted by Crippen LogP contribution is 2.36. The molecular formula is C26H30N2O4. The van der Waals surface area contributed by atoms with E-state index in [-0.39, 0.29) is 6.10 Å². The summed E-state index contributed by atoms with van der Waals surface area (Å²) in [7, 11) is 1.67. The van der Waals surface area contributed by atoms with Crippen LogP contribution in [0.15, 0.2) is 54.7 Å². The third-order valence-corrected chi connectivity index (χ3v) is 5.83. The normalized spacial score (nSPS) is 15.0. The lowest BCUT2D eigenvalue weighted by Crippen LogP contribution is -2.38. The molecule has 0 amide bonds. The van der Waals surface area contributed by atoms with Gasteiger partial charge in [-0.25, -0.2) is 0 Å². The molecule has 1 saturated heterocycles. The number of hydrogen-bond donors (Lipinski definition) is 0. The van der Waals surface area contributed by atoms with Gasteiger partial charge in [0.1, 0.15) is 30.3 Å². The van der Waals surface area contributed by atoms with Crippen molar-refractivity contribution in [3.05, 3.63) is 54.7 Å². The van der Waals surface area contributed by atoms with Gasteiger partial charge >= 0.3 is 0 Å². The van der Waals surface area contributed by atoms with Crippen LogP contribution in [-0.4, -0.2) is 62.2 Å². The second-order valence-electron chi connectivity index (χ2n) is 8.00. The van der Waals surface area contributed by atoms with E-state index >= 15 is 0 Å².